The van der Waals surface area contributed by atoms with Crippen LogP contribution in [0.15, 0.2) is 77.1 Å². The average molecular weight is 450 g/mol. The van der Waals surface area contributed by atoms with Gasteiger partial charge < -0.3 is 15.4 Å². The fourth-order valence-corrected chi connectivity index (χ4v) is 4.83. The van der Waals surface area contributed by atoms with Crippen molar-refractivity contribution in [2.45, 2.75) is 4.34 Å². The summed E-state index contributed by atoms with van der Waals surface area (Å²) in [5.41, 5.74) is 2.74. The Morgan fingerprint density at radius 2 is 1.74 bits per heavy atom. The van der Waals surface area contributed by atoms with Crippen molar-refractivity contribution in [3.05, 3.63) is 78.4 Å². The van der Waals surface area contributed by atoms with Crippen LogP contribution in [-0.2, 0) is 4.79 Å². The summed E-state index contributed by atoms with van der Waals surface area (Å²) in [5.74, 6) is 0.464. The number of ether oxygens (including phenoxy) is 1. The van der Waals surface area contributed by atoms with Crippen molar-refractivity contribution in [1.29, 1.82) is 0 Å². The number of amides is 2. The first-order valence-electron chi connectivity index (χ1n) is 9.45. The molecule has 8 heteroatoms. The first-order chi connectivity index (χ1) is 15.1. The van der Waals surface area contributed by atoms with Crippen molar-refractivity contribution in [1.82, 2.24) is 4.98 Å². The van der Waals surface area contributed by atoms with Crippen molar-refractivity contribution in [3.8, 4) is 5.75 Å². The second-order valence-corrected chi connectivity index (χ2v) is 8.77. The Bertz CT molecular complexity index is 1230. The number of aromatic nitrogens is 1. The van der Waals surface area contributed by atoms with E-state index in [1.807, 2.05) is 54.6 Å². The van der Waals surface area contributed by atoms with E-state index in [2.05, 4.69) is 15.6 Å². The molecule has 1 heterocycles. The number of thiazole rings is 1. The van der Waals surface area contributed by atoms with E-state index in [1.54, 1.807) is 18.2 Å². The number of carbonyl (C=O) groups is 2. The molecule has 1 aromatic heterocycles. The largest absolute Gasteiger partial charge is 0.496 e. The van der Waals surface area contributed by atoms with E-state index in [0.717, 1.165) is 20.2 Å². The van der Waals surface area contributed by atoms with Gasteiger partial charge in [0.1, 0.15) is 5.75 Å². The van der Waals surface area contributed by atoms with Gasteiger partial charge >= 0.3 is 0 Å². The number of hydrogen-bond acceptors (Lipinski definition) is 6. The summed E-state index contributed by atoms with van der Waals surface area (Å²) in [6, 6.07) is 22.0. The van der Waals surface area contributed by atoms with Crippen LogP contribution in [0.25, 0.3) is 10.2 Å². The van der Waals surface area contributed by atoms with E-state index in [9.17, 15) is 9.59 Å². The highest BCUT2D eigenvalue weighted by Crippen LogP contribution is 2.31. The van der Waals surface area contributed by atoms with Crippen LogP contribution < -0.4 is 15.4 Å². The molecule has 0 spiro atoms. The first-order valence-corrected chi connectivity index (χ1v) is 11.3. The number of nitrogens with zero attached hydrogens (tertiary/aromatic N) is 1. The lowest BCUT2D eigenvalue weighted by molar-refractivity contribution is -0.113. The van der Waals surface area contributed by atoms with E-state index in [-0.39, 0.29) is 17.6 Å². The summed E-state index contributed by atoms with van der Waals surface area (Å²) in [5, 5.41) is 5.76. The van der Waals surface area contributed by atoms with E-state index in [0.29, 0.717) is 17.0 Å². The first kappa shape index (κ1) is 20.9. The molecule has 0 fully saturated rings. The molecule has 0 aliphatic heterocycles. The maximum absolute atomic E-state index is 12.6. The van der Waals surface area contributed by atoms with Crippen LogP contribution in [0.4, 0.5) is 11.4 Å². The van der Waals surface area contributed by atoms with Gasteiger partial charge in [-0.25, -0.2) is 4.98 Å². The molecule has 0 saturated carbocycles. The van der Waals surface area contributed by atoms with Gasteiger partial charge in [-0.2, -0.15) is 0 Å². The maximum atomic E-state index is 12.6. The SMILES string of the molecule is COc1ccccc1C(=O)Nc1ccc2nc(SCC(=O)Nc3ccccc3)sc2c1. The third-order valence-corrected chi connectivity index (χ3v) is 6.52. The van der Waals surface area contributed by atoms with Crippen LogP contribution in [0.1, 0.15) is 10.4 Å². The zero-order valence-electron chi connectivity index (χ0n) is 16.6. The molecule has 0 saturated heterocycles. The minimum atomic E-state index is -0.242. The van der Waals surface area contributed by atoms with Gasteiger partial charge in [-0.05, 0) is 42.5 Å². The molecule has 31 heavy (non-hydrogen) atoms. The Balaban J connectivity index is 1.41. The quantitative estimate of drug-likeness (QED) is 0.375. The third-order valence-electron chi connectivity index (χ3n) is 4.36. The predicted octanol–water partition coefficient (Wildman–Crippen LogP) is 5.29. The van der Waals surface area contributed by atoms with Gasteiger partial charge in [0.25, 0.3) is 5.91 Å². The molecule has 156 valence electrons. The average Bonchev–Trinajstić information content (AvgIpc) is 3.20. The molecular formula is C23H19N3O3S2. The highest BCUT2D eigenvalue weighted by molar-refractivity contribution is 8.01. The van der Waals surface area contributed by atoms with E-state index >= 15 is 0 Å². The van der Waals surface area contributed by atoms with Crippen LogP contribution in [0, 0.1) is 0 Å². The molecule has 0 aliphatic carbocycles. The molecule has 0 atom stereocenters. The van der Waals surface area contributed by atoms with E-state index < -0.39 is 0 Å². The zero-order valence-corrected chi connectivity index (χ0v) is 18.3. The molecule has 2 amide bonds. The van der Waals surface area contributed by atoms with Crippen LogP contribution in [0.3, 0.4) is 0 Å². The Kier molecular flexibility index (Phi) is 6.49. The van der Waals surface area contributed by atoms with Crippen molar-refractivity contribution in [2.75, 3.05) is 23.5 Å². The number of hydrogen-bond donors (Lipinski definition) is 2. The van der Waals surface area contributed by atoms with Gasteiger partial charge in [-0.3, -0.25) is 9.59 Å². The van der Waals surface area contributed by atoms with Crippen molar-refractivity contribution in [2.24, 2.45) is 0 Å². The fourth-order valence-electron chi connectivity index (χ4n) is 2.92. The molecule has 4 aromatic rings. The van der Waals surface area contributed by atoms with Gasteiger partial charge in [0.2, 0.25) is 5.91 Å². The number of para-hydroxylation sites is 2. The summed E-state index contributed by atoms with van der Waals surface area (Å²) in [6.45, 7) is 0. The smallest absolute Gasteiger partial charge is 0.259 e. The predicted molar refractivity (Wildman–Crippen MR) is 126 cm³/mol. The molecule has 0 bridgehead atoms. The topological polar surface area (TPSA) is 80.3 Å². The standard InChI is InChI=1S/C23H19N3O3S2/c1-29-19-10-6-5-9-17(19)22(28)25-16-11-12-18-20(13-16)31-23(26-18)30-14-21(27)24-15-7-3-2-4-8-15/h2-13H,14H2,1H3,(H,24,27)(H,25,28). The summed E-state index contributed by atoms with van der Waals surface area (Å²) in [4.78, 5) is 29.3. The van der Waals surface area contributed by atoms with Gasteiger partial charge in [0, 0.05) is 11.4 Å². The Labute approximate surface area is 187 Å². The Morgan fingerprint density at radius 1 is 0.968 bits per heavy atom. The number of benzene rings is 3. The molecule has 0 radical (unpaired) electrons. The van der Waals surface area contributed by atoms with Crippen LogP contribution in [-0.4, -0.2) is 29.7 Å². The monoisotopic (exact) mass is 449 g/mol. The Morgan fingerprint density at radius 3 is 2.55 bits per heavy atom. The van der Waals surface area contributed by atoms with E-state index in [4.69, 9.17) is 4.74 Å². The van der Waals surface area contributed by atoms with Gasteiger partial charge in [0.05, 0.1) is 28.6 Å². The third kappa shape index (κ3) is 5.22. The van der Waals surface area contributed by atoms with Crippen LogP contribution >= 0.6 is 23.1 Å². The van der Waals surface area contributed by atoms with Gasteiger partial charge in [-0.1, -0.05) is 42.1 Å². The number of methoxy groups -OCH3 is 1. The molecule has 6 nitrogen and oxygen atoms in total. The molecule has 0 aliphatic rings. The summed E-state index contributed by atoms with van der Waals surface area (Å²) in [7, 11) is 1.54. The lowest BCUT2D eigenvalue weighted by Gasteiger charge is -2.09. The highest BCUT2D eigenvalue weighted by Gasteiger charge is 2.13. The number of fused-ring (bicyclic) bond motifs is 1. The highest BCUT2D eigenvalue weighted by atomic mass is 32.2. The second-order valence-electron chi connectivity index (χ2n) is 6.52. The second kappa shape index (κ2) is 9.63. The van der Waals surface area contributed by atoms with Gasteiger partial charge in [0.15, 0.2) is 4.34 Å². The van der Waals surface area contributed by atoms with Gasteiger partial charge in [-0.15, -0.1) is 11.3 Å². The number of carbonyl (C=O) groups excluding carboxylic acids is 2. The number of thioether (sulfide) groups is 1. The molecule has 4 rings (SSSR count). The minimum Gasteiger partial charge on any atom is -0.496 e. The van der Waals surface area contributed by atoms with Crippen molar-refractivity contribution < 1.29 is 14.3 Å². The molecule has 2 N–H and O–H groups in total. The summed E-state index contributed by atoms with van der Waals surface area (Å²) >= 11 is 2.87. The zero-order chi connectivity index (χ0) is 21.6. The van der Waals surface area contributed by atoms with E-state index in [1.165, 1.54) is 30.2 Å². The summed E-state index contributed by atoms with van der Waals surface area (Å²) < 4.78 is 6.99. The van der Waals surface area contributed by atoms with Crippen LogP contribution in [0.2, 0.25) is 0 Å². The Hall–Kier alpha value is -3.36. The maximum Gasteiger partial charge on any atom is 0.259 e. The number of nitrogens with one attached hydrogen (secondary N) is 2. The number of rotatable bonds is 7. The fraction of sp³-hybridized carbons (Fsp3) is 0.0870. The molecule has 0 unspecified atom stereocenters. The normalized spacial score (nSPS) is 10.6. The molecule has 3 aromatic carbocycles. The lowest BCUT2D eigenvalue weighted by atomic mass is 10.2. The minimum absolute atomic E-state index is 0.0831. The van der Waals surface area contributed by atoms with Crippen molar-refractivity contribution in [3.63, 3.8) is 0 Å². The molecular weight excluding hydrogens is 430 g/mol. The number of anilines is 2. The summed E-state index contributed by atoms with van der Waals surface area (Å²) in [6.07, 6.45) is 0. The lowest BCUT2D eigenvalue weighted by Crippen LogP contribution is -2.13. The van der Waals surface area contributed by atoms with Crippen molar-refractivity contribution >= 4 is 56.5 Å². The van der Waals surface area contributed by atoms with Crippen LogP contribution in [0.5, 0.6) is 5.75 Å².